The fraction of sp³-hybridized carbons (Fsp3) is 1.00. The highest BCUT2D eigenvalue weighted by Crippen LogP contribution is 2.17. The first-order valence-electron chi connectivity index (χ1n) is 5.12. The van der Waals surface area contributed by atoms with Crippen LogP contribution in [0.15, 0.2) is 0 Å². The van der Waals surface area contributed by atoms with Crippen LogP contribution in [0, 0.1) is 5.92 Å². The summed E-state index contributed by atoms with van der Waals surface area (Å²) in [5.74, 6) is 0.525. The van der Waals surface area contributed by atoms with Gasteiger partial charge in [-0.1, -0.05) is 6.92 Å². The third kappa shape index (κ3) is 3.25. The molecule has 0 aromatic carbocycles. The van der Waals surface area contributed by atoms with Crippen molar-refractivity contribution >= 4 is 0 Å². The van der Waals surface area contributed by atoms with E-state index in [4.69, 9.17) is 10.5 Å². The molecule has 1 heterocycles. The predicted molar refractivity (Wildman–Crippen MR) is 54.7 cm³/mol. The largest absolute Gasteiger partial charge is 0.379 e. The maximum atomic E-state index is 5.79. The van der Waals surface area contributed by atoms with Gasteiger partial charge in [0, 0.05) is 18.2 Å². The molecule has 0 amide bonds. The summed E-state index contributed by atoms with van der Waals surface area (Å²) >= 11 is 0. The van der Waals surface area contributed by atoms with E-state index in [0.29, 0.717) is 5.92 Å². The normalized spacial score (nSPS) is 33.2. The molecular weight excluding hydrogens is 164 g/mol. The highest BCUT2D eigenvalue weighted by Gasteiger charge is 2.29. The lowest BCUT2D eigenvalue weighted by atomic mass is 9.98. The van der Waals surface area contributed by atoms with Gasteiger partial charge in [-0.15, -0.1) is 0 Å². The van der Waals surface area contributed by atoms with Crippen molar-refractivity contribution in [3.63, 3.8) is 0 Å². The topological polar surface area (TPSA) is 47.3 Å². The Morgan fingerprint density at radius 1 is 1.54 bits per heavy atom. The standard InChI is InChI=1S/C10H22N2O/c1-8(9(2)11)6-12-10(3)4-5-13-7-10/h8-9,12H,4-7,11H2,1-3H3. The molecule has 13 heavy (non-hydrogen) atoms. The van der Waals surface area contributed by atoms with Crippen LogP contribution in [0.5, 0.6) is 0 Å². The van der Waals surface area contributed by atoms with Crippen molar-refractivity contribution in [2.75, 3.05) is 19.8 Å². The zero-order valence-electron chi connectivity index (χ0n) is 8.97. The van der Waals surface area contributed by atoms with Crippen molar-refractivity contribution in [1.29, 1.82) is 0 Å². The highest BCUT2D eigenvalue weighted by molar-refractivity contribution is 4.87. The van der Waals surface area contributed by atoms with E-state index in [1.54, 1.807) is 0 Å². The van der Waals surface area contributed by atoms with E-state index >= 15 is 0 Å². The molecule has 1 aliphatic heterocycles. The van der Waals surface area contributed by atoms with Crippen molar-refractivity contribution in [2.24, 2.45) is 11.7 Å². The Morgan fingerprint density at radius 2 is 2.23 bits per heavy atom. The van der Waals surface area contributed by atoms with E-state index in [1.807, 2.05) is 0 Å². The Bertz CT molecular complexity index is 153. The molecule has 78 valence electrons. The number of nitrogens with one attached hydrogen (secondary N) is 1. The van der Waals surface area contributed by atoms with Gasteiger partial charge in [0.15, 0.2) is 0 Å². The van der Waals surface area contributed by atoms with Crippen LogP contribution >= 0.6 is 0 Å². The first-order chi connectivity index (χ1) is 6.03. The molecule has 3 heteroatoms. The number of ether oxygens (including phenoxy) is 1. The summed E-state index contributed by atoms with van der Waals surface area (Å²) in [4.78, 5) is 0. The minimum atomic E-state index is 0.184. The molecule has 3 unspecified atom stereocenters. The van der Waals surface area contributed by atoms with Gasteiger partial charge in [0.25, 0.3) is 0 Å². The maximum Gasteiger partial charge on any atom is 0.0646 e. The van der Waals surface area contributed by atoms with Crippen molar-refractivity contribution in [3.8, 4) is 0 Å². The summed E-state index contributed by atoms with van der Waals surface area (Å²) in [6, 6.07) is 0.262. The van der Waals surface area contributed by atoms with Gasteiger partial charge in [-0.05, 0) is 32.7 Å². The summed E-state index contributed by atoms with van der Waals surface area (Å²) in [6.07, 6.45) is 1.11. The summed E-state index contributed by atoms with van der Waals surface area (Å²) in [6.45, 7) is 9.15. The van der Waals surface area contributed by atoms with Crippen LogP contribution in [0.3, 0.4) is 0 Å². The van der Waals surface area contributed by atoms with Gasteiger partial charge in [0.05, 0.1) is 6.61 Å². The van der Waals surface area contributed by atoms with Crippen molar-refractivity contribution in [3.05, 3.63) is 0 Å². The second-order valence-corrected chi connectivity index (χ2v) is 4.58. The number of hydrogen-bond acceptors (Lipinski definition) is 3. The third-order valence-corrected chi connectivity index (χ3v) is 2.97. The highest BCUT2D eigenvalue weighted by atomic mass is 16.5. The van der Waals surface area contributed by atoms with Crippen LogP contribution in [0.1, 0.15) is 27.2 Å². The van der Waals surface area contributed by atoms with Crippen LogP contribution < -0.4 is 11.1 Å². The second kappa shape index (κ2) is 4.40. The Morgan fingerprint density at radius 3 is 2.69 bits per heavy atom. The molecule has 1 rings (SSSR count). The average Bonchev–Trinajstić information content (AvgIpc) is 2.48. The molecule has 1 aliphatic rings. The van der Waals surface area contributed by atoms with Gasteiger partial charge in [0.1, 0.15) is 0 Å². The van der Waals surface area contributed by atoms with Crippen LogP contribution in [-0.2, 0) is 4.74 Å². The Hall–Kier alpha value is -0.120. The molecule has 0 aromatic rings. The minimum absolute atomic E-state index is 0.184. The zero-order chi connectivity index (χ0) is 9.90. The monoisotopic (exact) mass is 186 g/mol. The first kappa shape index (κ1) is 11.0. The molecule has 0 spiro atoms. The minimum Gasteiger partial charge on any atom is -0.379 e. The maximum absolute atomic E-state index is 5.79. The molecule has 0 aromatic heterocycles. The third-order valence-electron chi connectivity index (χ3n) is 2.97. The summed E-state index contributed by atoms with van der Waals surface area (Å²) in [7, 11) is 0. The fourth-order valence-corrected chi connectivity index (χ4v) is 1.40. The van der Waals surface area contributed by atoms with E-state index < -0.39 is 0 Å². The molecule has 0 saturated carbocycles. The quantitative estimate of drug-likeness (QED) is 0.680. The molecule has 1 saturated heterocycles. The summed E-state index contributed by atoms with van der Waals surface area (Å²) in [5, 5.41) is 3.53. The fourth-order valence-electron chi connectivity index (χ4n) is 1.40. The van der Waals surface area contributed by atoms with E-state index in [1.165, 1.54) is 0 Å². The number of hydrogen-bond donors (Lipinski definition) is 2. The first-order valence-corrected chi connectivity index (χ1v) is 5.12. The molecular formula is C10H22N2O. The van der Waals surface area contributed by atoms with Crippen LogP contribution in [0.2, 0.25) is 0 Å². The molecule has 1 fully saturated rings. The lowest BCUT2D eigenvalue weighted by Crippen LogP contribution is -2.46. The second-order valence-electron chi connectivity index (χ2n) is 4.58. The Labute approximate surface area is 81.0 Å². The molecule has 0 bridgehead atoms. The number of nitrogens with two attached hydrogens (primary N) is 1. The molecule has 0 aliphatic carbocycles. The van der Waals surface area contributed by atoms with E-state index in [9.17, 15) is 0 Å². The van der Waals surface area contributed by atoms with Gasteiger partial charge in [-0.3, -0.25) is 0 Å². The van der Waals surface area contributed by atoms with Crippen LogP contribution in [0.25, 0.3) is 0 Å². The van der Waals surface area contributed by atoms with Crippen LogP contribution in [-0.4, -0.2) is 31.3 Å². The molecule has 3 atom stereocenters. The van der Waals surface area contributed by atoms with Gasteiger partial charge in [0.2, 0.25) is 0 Å². The molecule has 3 N–H and O–H groups in total. The van der Waals surface area contributed by atoms with Gasteiger partial charge in [-0.25, -0.2) is 0 Å². The lowest BCUT2D eigenvalue weighted by molar-refractivity contribution is 0.169. The number of rotatable bonds is 4. The van der Waals surface area contributed by atoms with Crippen molar-refractivity contribution < 1.29 is 4.74 Å². The predicted octanol–water partition coefficient (Wildman–Crippen LogP) is 0.738. The van der Waals surface area contributed by atoms with Gasteiger partial charge in [-0.2, -0.15) is 0 Å². The lowest BCUT2D eigenvalue weighted by Gasteiger charge is -2.27. The zero-order valence-corrected chi connectivity index (χ0v) is 8.97. The summed E-state index contributed by atoms with van der Waals surface area (Å²) in [5.41, 5.74) is 5.98. The van der Waals surface area contributed by atoms with Gasteiger partial charge >= 0.3 is 0 Å². The Balaban J connectivity index is 2.24. The Kier molecular flexibility index (Phi) is 3.71. The average molecular weight is 186 g/mol. The molecule has 0 radical (unpaired) electrons. The van der Waals surface area contributed by atoms with E-state index in [-0.39, 0.29) is 11.6 Å². The SMILES string of the molecule is CC(N)C(C)CNC1(C)CCOC1. The van der Waals surface area contributed by atoms with E-state index in [0.717, 1.165) is 26.2 Å². The summed E-state index contributed by atoms with van der Waals surface area (Å²) < 4.78 is 5.36. The van der Waals surface area contributed by atoms with Gasteiger partial charge < -0.3 is 15.8 Å². The van der Waals surface area contributed by atoms with Crippen molar-refractivity contribution in [2.45, 2.75) is 38.8 Å². The van der Waals surface area contributed by atoms with Crippen molar-refractivity contribution in [1.82, 2.24) is 5.32 Å². The van der Waals surface area contributed by atoms with Crippen LogP contribution in [0.4, 0.5) is 0 Å². The molecule has 3 nitrogen and oxygen atoms in total. The smallest absolute Gasteiger partial charge is 0.0646 e. The van der Waals surface area contributed by atoms with E-state index in [2.05, 4.69) is 26.1 Å².